The van der Waals surface area contributed by atoms with E-state index in [9.17, 15) is 29.0 Å². The van der Waals surface area contributed by atoms with Gasteiger partial charge in [-0.2, -0.15) is 0 Å². The molecule has 2 N–H and O–H groups in total. The van der Waals surface area contributed by atoms with Crippen molar-refractivity contribution in [2.75, 3.05) is 0 Å². The third-order valence-corrected chi connectivity index (χ3v) is 5.84. The van der Waals surface area contributed by atoms with E-state index in [2.05, 4.69) is 0 Å². The third-order valence-electron chi connectivity index (χ3n) is 5.84. The van der Waals surface area contributed by atoms with Gasteiger partial charge in [0, 0.05) is 19.4 Å². The molecule has 0 aromatic heterocycles. The van der Waals surface area contributed by atoms with Gasteiger partial charge in [0.2, 0.25) is 5.91 Å². The van der Waals surface area contributed by atoms with E-state index in [4.69, 9.17) is 0 Å². The van der Waals surface area contributed by atoms with Crippen molar-refractivity contribution < 1.29 is 29.0 Å². The molecule has 0 bridgehead atoms. The molecule has 3 aromatic carbocycles. The van der Waals surface area contributed by atoms with Crippen LogP contribution >= 0.6 is 0 Å². The van der Waals surface area contributed by atoms with Crippen LogP contribution in [-0.4, -0.2) is 39.0 Å². The summed E-state index contributed by atoms with van der Waals surface area (Å²) < 4.78 is 13.3. The summed E-state index contributed by atoms with van der Waals surface area (Å²) in [4.78, 5) is 38.2. The highest BCUT2D eigenvalue weighted by molar-refractivity contribution is 5.96. The van der Waals surface area contributed by atoms with Gasteiger partial charge in [-0.1, -0.05) is 67.9 Å². The fourth-order valence-corrected chi connectivity index (χ4v) is 3.93. The predicted molar refractivity (Wildman–Crippen MR) is 130 cm³/mol. The number of aromatic carboxylic acids is 1. The Labute approximate surface area is 203 Å². The number of benzene rings is 3. The van der Waals surface area contributed by atoms with Gasteiger partial charge < -0.3 is 15.1 Å². The molecule has 35 heavy (non-hydrogen) atoms. The lowest BCUT2D eigenvalue weighted by Gasteiger charge is -2.29. The molecule has 1 amide bonds. The second-order valence-electron chi connectivity index (χ2n) is 8.36. The fourth-order valence-electron chi connectivity index (χ4n) is 3.93. The van der Waals surface area contributed by atoms with Gasteiger partial charge in [-0.3, -0.25) is 4.79 Å². The zero-order valence-electron chi connectivity index (χ0n) is 19.5. The molecule has 0 spiro atoms. The molecular weight excluding hydrogens is 449 g/mol. The van der Waals surface area contributed by atoms with Crippen LogP contribution in [-0.2, 0) is 22.6 Å². The second kappa shape index (κ2) is 11.9. The number of rotatable bonds is 11. The normalized spacial score (nSPS) is 11.6. The topological polar surface area (TPSA) is 94.9 Å². The fraction of sp³-hybridized carbons (Fsp3) is 0.250. The summed E-state index contributed by atoms with van der Waals surface area (Å²) in [5.74, 6) is -2.84. The van der Waals surface area contributed by atoms with Crippen LogP contribution in [0.5, 0.6) is 0 Å². The van der Waals surface area contributed by atoms with E-state index < -0.39 is 23.8 Å². The molecule has 0 heterocycles. The quantitative estimate of drug-likeness (QED) is 0.385. The lowest BCUT2D eigenvalue weighted by Crippen LogP contribution is -2.46. The first kappa shape index (κ1) is 25.6. The smallest absolute Gasteiger partial charge is 0.336 e. The maximum atomic E-state index is 13.3. The number of hydrogen-bond acceptors (Lipinski definition) is 3. The molecule has 0 aliphatic carbocycles. The van der Waals surface area contributed by atoms with Crippen molar-refractivity contribution in [3.05, 3.63) is 95.3 Å². The third kappa shape index (κ3) is 6.76. The Bertz CT molecular complexity index is 1170. The van der Waals surface area contributed by atoms with E-state index in [1.54, 1.807) is 42.5 Å². The van der Waals surface area contributed by atoms with E-state index in [0.29, 0.717) is 23.1 Å². The number of carboxylic acid groups (broad SMARTS) is 2. The number of unbranched alkanes of at least 4 members (excludes halogenated alkanes) is 1. The number of carbonyl (C=O) groups is 3. The second-order valence-corrected chi connectivity index (χ2v) is 8.36. The summed E-state index contributed by atoms with van der Waals surface area (Å²) in [6, 6.07) is 18.2. The molecule has 6 nitrogen and oxygen atoms in total. The van der Waals surface area contributed by atoms with Gasteiger partial charge in [0.1, 0.15) is 11.9 Å². The Morgan fingerprint density at radius 2 is 1.51 bits per heavy atom. The molecule has 0 aliphatic heterocycles. The number of hydrogen-bond donors (Lipinski definition) is 2. The standard InChI is InChI=1S/C28H28FNO5/c1-2-3-8-26(31)30(25(28(34)35)17-19-11-15-22(29)16-12-19)18-20-9-13-21(14-10-20)23-6-4-5-7-24(23)27(32)33/h4-7,9-16,25H,2-3,8,17-18H2,1H3,(H,32,33)(H,34,35). The summed E-state index contributed by atoms with van der Waals surface area (Å²) in [6.07, 6.45) is 1.72. The number of aliphatic carboxylic acids is 1. The largest absolute Gasteiger partial charge is 0.480 e. The van der Waals surface area contributed by atoms with E-state index in [0.717, 1.165) is 12.0 Å². The van der Waals surface area contributed by atoms with E-state index >= 15 is 0 Å². The number of halogens is 1. The maximum Gasteiger partial charge on any atom is 0.336 e. The van der Waals surface area contributed by atoms with Crippen molar-refractivity contribution in [3.63, 3.8) is 0 Å². The highest BCUT2D eigenvalue weighted by Crippen LogP contribution is 2.25. The Kier molecular flexibility index (Phi) is 8.73. The van der Waals surface area contributed by atoms with Crippen LogP contribution in [0.3, 0.4) is 0 Å². The van der Waals surface area contributed by atoms with Crippen LogP contribution in [0.1, 0.15) is 47.7 Å². The van der Waals surface area contributed by atoms with Crippen molar-refractivity contribution in [2.45, 2.75) is 45.2 Å². The van der Waals surface area contributed by atoms with Gasteiger partial charge >= 0.3 is 11.9 Å². The average Bonchev–Trinajstić information content (AvgIpc) is 2.86. The van der Waals surface area contributed by atoms with Crippen molar-refractivity contribution in [2.24, 2.45) is 0 Å². The molecule has 3 aromatic rings. The van der Waals surface area contributed by atoms with Gasteiger partial charge in [-0.15, -0.1) is 0 Å². The highest BCUT2D eigenvalue weighted by atomic mass is 19.1. The summed E-state index contributed by atoms with van der Waals surface area (Å²) in [7, 11) is 0. The first-order chi connectivity index (χ1) is 16.8. The molecule has 0 fully saturated rings. The zero-order chi connectivity index (χ0) is 25.4. The number of amides is 1. The molecule has 3 rings (SSSR count). The van der Waals surface area contributed by atoms with Crippen molar-refractivity contribution in [3.8, 4) is 11.1 Å². The average molecular weight is 478 g/mol. The summed E-state index contributed by atoms with van der Waals surface area (Å²) in [5, 5.41) is 19.4. The molecule has 0 saturated carbocycles. The van der Waals surface area contributed by atoms with Crippen LogP contribution in [0.25, 0.3) is 11.1 Å². The van der Waals surface area contributed by atoms with Gasteiger partial charge in [0.25, 0.3) is 0 Å². The molecule has 0 saturated heterocycles. The van der Waals surface area contributed by atoms with E-state index in [1.807, 2.05) is 6.92 Å². The van der Waals surface area contributed by atoms with Crippen LogP contribution in [0.2, 0.25) is 0 Å². The van der Waals surface area contributed by atoms with Crippen LogP contribution in [0.4, 0.5) is 4.39 Å². The Hall–Kier alpha value is -4.00. The zero-order valence-corrected chi connectivity index (χ0v) is 19.5. The summed E-state index contributed by atoms with van der Waals surface area (Å²) in [5.41, 5.74) is 2.80. The van der Waals surface area contributed by atoms with Crippen LogP contribution in [0, 0.1) is 5.82 Å². The minimum Gasteiger partial charge on any atom is -0.480 e. The lowest BCUT2D eigenvalue weighted by atomic mass is 9.98. The number of carboxylic acids is 2. The predicted octanol–water partition coefficient (Wildman–Crippen LogP) is 5.41. The van der Waals surface area contributed by atoms with Gasteiger partial charge in [-0.05, 0) is 46.9 Å². The minimum atomic E-state index is -1.13. The molecule has 182 valence electrons. The Morgan fingerprint density at radius 1 is 0.886 bits per heavy atom. The first-order valence-corrected chi connectivity index (χ1v) is 11.5. The van der Waals surface area contributed by atoms with E-state index in [-0.39, 0.29) is 30.9 Å². The maximum absolute atomic E-state index is 13.3. The first-order valence-electron chi connectivity index (χ1n) is 11.5. The Morgan fingerprint density at radius 3 is 2.11 bits per heavy atom. The molecule has 0 aliphatic rings. The lowest BCUT2D eigenvalue weighted by molar-refractivity contribution is -0.150. The number of nitrogens with zero attached hydrogens (tertiary/aromatic N) is 1. The van der Waals surface area contributed by atoms with Crippen molar-refractivity contribution in [1.82, 2.24) is 4.90 Å². The Balaban J connectivity index is 1.88. The van der Waals surface area contributed by atoms with Crippen LogP contribution < -0.4 is 0 Å². The van der Waals surface area contributed by atoms with Gasteiger partial charge in [-0.25, -0.2) is 14.0 Å². The molecular formula is C28H28FNO5. The van der Waals surface area contributed by atoms with E-state index in [1.165, 1.54) is 35.2 Å². The molecule has 1 atom stereocenters. The van der Waals surface area contributed by atoms with Crippen molar-refractivity contribution >= 4 is 17.8 Å². The van der Waals surface area contributed by atoms with Gasteiger partial charge in [0.15, 0.2) is 0 Å². The summed E-state index contributed by atoms with van der Waals surface area (Å²) in [6.45, 7) is 2.04. The van der Waals surface area contributed by atoms with Crippen LogP contribution in [0.15, 0.2) is 72.8 Å². The monoisotopic (exact) mass is 477 g/mol. The summed E-state index contributed by atoms with van der Waals surface area (Å²) >= 11 is 0. The highest BCUT2D eigenvalue weighted by Gasteiger charge is 2.29. The molecule has 7 heteroatoms. The minimum absolute atomic E-state index is 0.0531. The SMILES string of the molecule is CCCCC(=O)N(Cc1ccc(-c2ccccc2C(=O)O)cc1)C(Cc1ccc(F)cc1)C(=O)O. The number of carbonyl (C=O) groups excluding carboxylic acids is 1. The van der Waals surface area contributed by atoms with Gasteiger partial charge in [0.05, 0.1) is 5.56 Å². The molecule has 0 radical (unpaired) electrons. The molecule has 1 unspecified atom stereocenters. The van der Waals surface area contributed by atoms with Crippen molar-refractivity contribution in [1.29, 1.82) is 0 Å².